The molecule has 1 N–H and O–H groups in total. The van der Waals surface area contributed by atoms with Gasteiger partial charge in [0.05, 0.1) is 13.0 Å². The first kappa shape index (κ1) is 11.6. The van der Waals surface area contributed by atoms with Gasteiger partial charge in [-0.05, 0) is 19.1 Å². The minimum Gasteiger partial charge on any atom is -0.461 e. The van der Waals surface area contributed by atoms with Crippen LogP contribution in [-0.4, -0.2) is 32.8 Å². The zero-order chi connectivity index (χ0) is 11.1. The highest BCUT2D eigenvalue weighted by atomic mass is 32.1. The fraction of sp³-hybridized carbons (Fsp3) is 0.500. The van der Waals surface area contributed by atoms with Crippen molar-refractivity contribution in [3.05, 3.63) is 16.9 Å². The van der Waals surface area contributed by atoms with E-state index in [1.54, 1.807) is 6.08 Å². The predicted octanol–water partition coefficient (Wildman–Crippen LogP) is 0.845. The summed E-state index contributed by atoms with van der Waals surface area (Å²) >= 11 is 4.84. The minimum atomic E-state index is -0.274. The maximum Gasteiger partial charge on any atom is 0.307 e. The lowest BCUT2D eigenvalue weighted by Crippen LogP contribution is -2.10. The normalized spacial score (nSPS) is 10.7. The SMILES string of the molecule is C/C=C/COC(=O)CCn1[nH]nnc1=S. The van der Waals surface area contributed by atoms with Gasteiger partial charge in [0.15, 0.2) is 0 Å². The highest BCUT2D eigenvalue weighted by Gasteiger charge is 2.03. The van der Waals surface area contributed by atoms with Crippen molar-refractivity contribution in [1.29, 1.82) is 0 Å². The summed E-state index contributed by atoms with van der Waals surface area (Å²) in [6, 6.07) is 0. The first-order chi connectivity index (χ1) is 7.24. The Kier molecular flexibility index (Phi) is 4.69. The molecule has 0 fully saturated rings. The van der Waals surface area contributed by atoms with Crippen LogP contribution >= 0.6 is 12.2 Å². The van der Waals surface area contributed by atoms with E-state index in [1.807, 2.05) is 13.0 Å². The Morgan fingerprint density at radius 1 is 1.73 bits per heavy atom. The van der Waals surface area contributed by atoms with E-state index in [0.29, 0.717) is 17.9 Å². The maximum atomic E-state index is 11.2. The second-order valence-electron chi connectivity index (χ2n) is 2.74. The summed E-state index contributed by atoms with van der Waals surface area (Å²) in [4.78, 5) is 11.2. The number of aromatic nitrogens is 4. The Balaban J connectivity index is 2.28. The maximum absolute atomic E-state index is 11.2. The van der Waals surface area contributed by atoms with Gasteiger partial charge in [-0.25, -0.2) is 4.68 Å². The molecule has 15 heavy (non-hydrogen) atoms. The third-order valence-electron chi connectivity index (χ3n) is 1.65. The van der Waals surface area contributed by atoms with Gasteiger partial charge in [-0.15, -0.1) is 0 Å². The number of aromatic amines is 1. The van der Waals surface area contributed by atoms with Crippen LogP contribution in [0.3, 0.4) is 0 Å². The number of carbonyl (C=O) groups is 1. The molecular formula is C8H12N4O2S. The van der Waals surface area contributed by atoms with Crippen LogP contribution in [-0.2, 0) is 16.1 Å². The largest absolute Gasteiger partial charge is 0.461 e. The van der Waals surface area contributed by atoms with Gasteiger partial charge in [0, 0.05) is 0 Å². The van der Waals surface area contributed by atoms with Crippen LogP contribution in [0.25, 0.3) is 0 Å². The molecule has 0 radical (unpaired) electrons. The number of rotatable bonds is 5. The van der Waals surface area contributed by atoms with Gasteiger partial charge in [-0.2, -0.15) is 5.21 Å². The van der Waals surface area contributed by atoms with Crippen LogP contribution < -0.4 is 0 Å². The van der Waals surface area contributed by atoms with Crippen LogP contribution in [0, 0.1) is 4.77 Å². The number of nitrogens with zero attached hydrogens (tertiary/aromatic N) is 3. The number of hydrogen-bond donors (Lipinski definition) is 1. The van der Waals surface area contributed by atoms with E-state index < -0.39 is 0 Å². The van der Waals surface area contributed by atoms with Crippen molar-refractivity contribution >= 4 is 18.2 Å². The topological polar surface area (TPSA) is 72.8 Å². The van der Waals surface area contributed by atoms with Gasteiger partial charge in [-0.3, -0.25) is 4.79 Å². The lowest BCUT2D eigenvalue weighted by Gasteiger charge is -2.01. The molecule has 0 atom stereocenters. The van der Waals surface area contributed by atoms with E-state index in [9.17, 15) is 4.79 Å². The van der Waals surface area contributed by atoms with Crippen LogP contribution in [0.1, 0.15) is 13.3 Å². The zero-order valence-electron chi connectivity index (χ0n) is 8.34. The summed E-state index contributed by atoms with van der Waals surface area (Å²) < 4.78 is 6.73. The molecule has 0 saturated carbocycles. The van der Waals surface area contributed by atoms with Crippen molar-refractivity contribution in [1.82, 2.24) is 20.2 Å². The molecule has 0 unspecified atom stereocenters. The van der Waals surface area contributed by atoms with Crippen molar-refractivity contribution in [3.8, 4) is 0 Å². The van der Waals surface area contributed by atoms with Crippen LogP contribution in [0.15, 0.2) is 12.2 Å². The van der Waals surface area contributed by atoms with Crippen molar-refractivity contribution in [2.45, 2.75) is 19.9 Å². The fourth-order valence-corrected chi connectivity index (χ4v) is 1.05. The molecule has 0 spiro atoms. The molecule has 0 amide bonds. The van der Waals surface area contributed by atoms with Crippen LogP contribution in [0.4, 0.5) is 0 Å². The number of nitrogens with one attached hydrogen (secondary N) is 1. The van der Waals surface area contributed by atoms with Gasteiger partial charge < -0.3 is 4.74 Å². The van der Waals surface area contributed by atoms with Gasteiger partial charge in [0.25, 0.3) is 0 Å². The quantitative estimate of drug-likeness (QED) is 0.459. The molecule has 1 aromatic rings. The molecule has 0 bridgehead atoms. The number of aryl methyl sites for hydroxylation is 1. The first-order valence-electron chi connectivity index (χ1n) is 4.48. The van der Waals surface area contributed by atoms with Crippen LogP contribution in [0.2, 0.25) is 0 Å². The van der Waals surface area contributed by atoms with E-state index >= 15 is 0 Å². The molecule has 1 rings (SSSR count). The Bertz CT molecular complexity index is 395. The first-order valence-corrected chi connectivity index (χ1v) is 4.89. The average molecular weight is 228 g/mol. The van der Waals surface area contributed by atoms with Crippen LogP contribution in [0.5, 0.6) is 0 Å². The lowest BCUT2D eigenvalue weighted by atomic mass is 10.4. The Labute approximate surface area is 91.9 Å². The molecule has 0 aliphatic rings. The second kappa shape index (κ2) is 6.07. The number of H-pyrrole nitrogens is 1. The van der Waals surface area contributed by atoms with Gasteiger partial charge in [0.1, 0.15) is 6.61 Å². The smallest absolute Gasteiger partial charge is 0.307 e. The summed E-state index contributed by atoms with van der Waals surface area (Å²) in [6.07, 6.45) is 3.83. The summed E-state index contributed by atoms with van der Waals surface area (Å²) in [5.74, 6) is -0.274. The number of tetrazole rings is 1. The predicted molar refractivity (Wildman–Crippen MR) is 55.6 cm³/mol. The average Bonchev–Trinajstić information content (AvgIpc) is 2.61. The molecule has 1 heterocycles. The highest BCUT2D eigenvalue weighted by Crippen LogP contribution is 1.92. The van der Waals surface area contributed by atoms with Gasteiger partial charge >= 0.3 is 5.97 Å². The lowest BCUT2D eigenvalue weighted by molar-refractivity contribution is -0.142. The molecule has 1 aromatic heterocycles. The van der Waals surface area contributed by atoms with E-state index in [2.05, 4.69) is 15.5 Å². The Hall–Kier alpha value is -1.50. The third kappa shape index (κ3) is 4.03. The molecule has 7 heteroatoms. The molecule has 0 aliphatic heterocycles. The number of allylic oxidation sites excluding steroid dienone is 1. The standard InChI is InChI=1S/C8H12N4O2S/c1-2-3-6-14-7(13)4-5-12-8(15)9-10-11-12/h2-3H,4-6H2,1H3,(H,9,11,15)/b3-2+. The minimum absolute atomic E-state index is 0.246. The molecule has 0 aromatic carbocycles. The number of esters is 1. The van der Waals surface area contributed by atoms with E-state index in [0.717, 1.165) is 0 Å². The van der Waals surface area contributed by atoms with E-state index in [-0.39, 0.29) is 12.4 Å². The van der Waals surface area contributed by atoms with Crippen molar-refractivity contribution in [2.24, 2.45) is 0 Å². The Morgan fingerprint density at radius 2 is 2.53 bits per heavy atom. The van der Waals surface area contributed by atoms with Gasteiger partial charge in [-0.1, -0.05) is 22.5 Å². The van der Waals surface area contributed by atoms with Crippen molar-refractivity contribution in [2.75, 3.05) is 6.61 Å². The number of carbonyl (C=O) groups excluding carboxylic acids is 1. The summed E-state index contributed by atoms with van der Waals surface area (Å²) in [5.41, 5.74) is 0. The molecule has 82 valence electrons. The monoisotopic (exact) mass is 228 g/mol. The number of hydrogen-bond acceptors (Lipinski definition) is 5. The number of ether oxygens (including phenoxy) is 1. The van der Waals surface area contributed by atoms with Crippen molar-refractivity contribution in [3.63, 3.8) is 0 Å². The highest BCUT2D eigenvalue weighted by molar-refractivity contribution is 7.71. The zero-order valence-corrected chi connectivity index (χ0v) is 9.16. The summed E-state index contributed by atoms with van der Waals surface area (Å²) in [5, 5.41) is 9.63. The van der Waals surface area contributed by atoms with E-state index in [1.165, 1.54) is 4.68 Å². The second-order valence-corrected chi connectivity index (χ2v) is 3.10. The fourth-order valence-electron chi connectivity index (χ4n) is 0.874. The third-order valence-corrected chi connectivity index (χ3v) is 1.95. The van der Waals surface area contributed by atoms with Crippen molar-refractivity contribution < 1.29 is 9.53 Å². The summed E-state index contributed by atoms with van der Waals surface area (Å²) in [7, 11) is 0. The molecule has 0 aliphatic carbocycles. The Morgan fingerprint density at radius 3 is 3.13 bits per heavy atom. The molecular weight excluding hydrogens is 216 g/mol. The van der Waals surface area contributed by atoms with Gasteiger partial charge in [0.2, 0.25) is 4.77 Å². The summed E-state index contributed by atoms with van der Waals surface area (Å²) in [6.45, 7) is 2.58. The van der Waals surface area contributed by atoms with E-state index in [4.69, 9.17) is 17.0 Å². The molecule has 6 nitrogen and oxygen atoms in total. The molecule has 0 saturated heterocycles.